The second-order valence-electron chi connectivity index (χ2n) is 5.77. The minimum Gasteiger partial charge on any atom is -0.493 e. The number of hydrogen-bond acceptors (Lipinski definition) is 3. The van der Waals surface area contributed by atoms with Crippen LogP contribution in [0.25, 0.3) is 0 Å². The predicted molar refractivity (Wildman–Crippen MR) is 85.4 cm³/mol. The van der Waals surface area contributed by atoms with Gasteiger partial charge in [0, 0.05) is 35.0 Å². The Morgan fingerprint density at radius 2 is 2.19 bits per heavy atom. The van der Waals surface area contributed by atoms with E-state index in [-0.39, 0.29) is 5.91 Å². The molecule has 21 heavy (non-hydrogen) atoms. The molecule has 1 aliphatic heterocycles. The first kappa shape index (κ1) is 14.9. The monoisotopic (exact) mass is 352 g/mol. The Kier molecular flexibility index (Phi) is 4.80. The zero-order chi connectivity index (χ0) is 14.7. The van der Waals surface area contributed by atoms with Gasteiger partial charge in [0.15, 0.2) is 0 Å². The van der Waals surface area contributed by atoms with Gasteiger partial charge < -0.3 is 15.4 Å². The van der Waals surface area contributed by atoms with Gasteiger partial charge in [-0.25, -0.2) is 0 Å². The normalized spacial score (nSPS) is 20.5. The van der Waals surface area contributed by atoms with Gasteiger partial charge in [0.05, 0.1) is 6.61 Å². The van der Waals surface area contributed by atoms with Crippen molar-refractivity contribution in [1.82, 2.24) is 10.6 Å². The van der Waals surface area contributed by atoms with Crippen molar-refractivity contribution in [3.8, 4) is 5.75 Å². The molecule has 0 saturated heterocycles. The predicted octanol–water partition coefficient (Wildman–Crippen LogP) is 2.92. The number of rotatable bonds is 6. The van der Waals surface area contributed by atoms with Crippen molar-refractivity contribution in [3.05, 3.63) is 28.2 Å². The summed E-state index contributed by atoms with van der Waals surface area (Å²) in [5.74, 6) is 1.16. The van der Waals surface area contributed by atoms with E-state index in [0.29, 0.717) is 18.5 Å². The third-order valence-corrected chi connectivity index (χ3v) is 4.42. The van der Waals surface area contributed by atoms with Crippen molar-refractivity contribution in [1.29, 1.82) is 0 Å². The first-order valence-electron chi connectivity index (χ1n) is 7.67. The Hall–Kier alpha value is -1.07. The molecule has 5 heteroatoms. The molecular weight excluding hydrogens is 332 g/mol. The molecule has 0 spiro atoms. The second-order valence-corrected chi connectivity index (χ2v) is 6.69. The highest BCUT2D eigenvalue weighted by atomic mass is 79.9. The molecule has 1 aliphatic carbocycles. The third kappa shape index (κ3) is 4.20. The summed E-state index contributed by atoms with van der Waals surface area (Å²) in [7, 11) is 0. The summed E-state index contributed by atoms with van der Waals surface area (Å²) in [6, 6.07) is 6.91. The minimum atomic E-state index is 0.189. The van der Waals surface area contributed by atoms with Gasteiger partial charge in [-0.2, -0.15) is 0 Å². The SMILES string of the molecule is O=C(CCCNC1CCOc2ccc(Br)cc21)NC1CC1. The molecule has 1 heterocycles. The van der Waals surface area contributed by atoms with E-state index in [9.17, 15) is 4.79 Å². The number of amides is 1. The van der Waals surface area contributed by atoms with Crippen LogP contribution in [0.1, 0.15) is 43.7 Å². The second kappa shape index (κ2) is 6.79. The number of halogens is 1. The summed E-state index contributed by atoms with van der Waals surface area (Å²) in [5.41, 5.74) is 1.21. The number of hydrogen-bond donors (Lipinski definition) is 2. The molecule has 2 aliphatic rings. The highest BCUT2D eigenvalue weighted by Crippen LogP contribution is 2.34. The van der Waals surface area contributed by atoms with Gasteiger partial charge in [0.2, 0.25) is 5.91 Å². The molecule has 0 aromatic heterocycles. The Balaban J connectivity index is 1.45. The lowest BCUT2D eigenvalue weighted by molar-refractivity contribution is -0.121. The first-order valence-corrected chi connectivity index (χ1v) is 8.46. The quantitative estimate of drug-likeness (QED) is 0.774. The lowest BCUT2D eigenvalue weighted by Gasteiger charge is -2.27. The zero-order valence-corrected chi connectivity index (χ0v) is 13.6. The van der Waals surface area contributed by atoms with E-state index in [2.05, 4.69) is 32.6 Å². The van der Waals surface area contributed by atoms with Gasteiger partial charge in [-0.15, -0.1) is 0 Å². The molecule has 114 valence electrons. The molecule has 1 amide bonds. The zero-order valence-electron chi connectivity index (χ0n) is 12.0. The van der Waals surface area contributed by atoms with E-state index in [1.807, 2.05) is 12.1 Å². The van der Waals surface area contributed by atoms with Crippen LogP contribution in [0.5, 0.6) is 5.75 Å². The van der Waals surface area contributed by atoms with Crippen LogP contribution in [0.15, 0.2) is 22.7 Å². The molecule has 1 atom stereocenters. The van der Waals surface area contributed by atoms with Gasteiger partial charge in [-0.05, 0) is 44.0 Å². The Bertz CT molecular complexity index is 517. The Morgan fingerprint density at radius 1 is 1.33 bits per heavy atom. The molecule has 1 aromatic carbocycles. The topological polar surface area (TPSA) is 50.4 Å². The van der Waals surface area contributed by atoms with Crippen molar-refractivity contribution < 1.29 is 9.53 Å². The third-order valence-electron chi connectivity index (χ3n) is 3.93. The van der Waals surface area contributed by atoms with Crippen molar-refractivity contribution in [2.75, 3.05) is 13.2 Å². The Labute approximate surface area is 133 Å². The summed E-state index contributed by atoms with van der Waals surface area (Å²) in [5, 5.41) is 6.57. The molecule has 1 unspecified atom stereocenters. The molecule has 2 N–H and O–H groups in total. The lowest BCUT2D eigenvalue weighted by Crippen LogP contribution is -2.29. The fourth-order valence-electron chi connectivity index (χ4n) is 2.63. The number of fused-ring (bicyclic) bond motifs is 1. The summed E-state index contributed by atoms with van der Waals surface area (Å²) in [4.78, 5) is 11.6. The van der Waals surface area contributed by atoms with Crippen molar-refractivity contribution >= 4 is 21.8 Å². The Morgan fingerprint density at radius 3 is 3.00 bits per heavy atom. The molecule has 4 nitrogen and oxygen atoms in total. The van der Waals surface area contributed by atoms with Gasteiger partial charge in [0.1, 0.15) is 5.75 Å². The average molecular weight is 353 g/mol. The summed E-state index contributed by atoms with van der Waals surface area (Å²) < 4.78 is 6.75. The molecule has 3 rings (SSSR count). The van der Waals surface area contributed by atoms with E-state index >= 15 is 0 Å². The average Bonchev–Trinajstić information content (AvgIpc) is 3.27. The largest absolute Gasteiger partial charge is 0.493 e. The molecule has 1 fully saturated rings. The maximum atomic E-state index is 11.6. The lowest BCUT2D eigenvalue weighted by atomic mass is 10.0. The molecule has 0 bridgehead atoms. The summed E-state index contributed by atoms with van der Waals surface area (Å²) >= 11 is 3.51. The van der Waals surface area contributed by atoms with Gasteiger partial charge >= 0.3 is 0 Å². The van der Waals surface area contributed by atoms with E-state index in [0.717, 1.165) is 49.1 Å². The number of carbonyl (C=O) groups is 1. The summed E-state index contributed by atoms with van der Waals surface area (Å²) in [6.45, 7) is 1.60. The number of benzene rings is 1. The molecule has 0 radical (unpaired) electrons. The van der Waals surface area contributed by atoms with Crippen molar-refractivity contribution in [2.45, 2.75) is 44.2 Å². The van der Waals surface area contributed by atoms with E-state index < -0.39 is 0 Å². The standard InChI is InChI=1S/C16H21BrN2O2/c17-11-3-6-15-13(10-11)14(7-9-21-15)18-8-1-2-16(20)19-12-4-5-12/h3,6,10,12,14,18H,1-2,4-5,7-9H2,(H,19,20). The van der Waals surface area contributed by atoms with E-state index in [4.69, 9.17) is 4.74 Å². The highest BCUT2D eigenvalue weighted by molar-refractivity contribution is 9.10. The fraction of sp³-hybridized carbons (Fsp3) is 0.562. The van der Waals surface area contributed by atoms with Crippen LogP contribution in [0.4, 0.5) is 0 Å². The minimum absolute atomic E-state index is 0.189. The van der Waals surface area contributed by atoms with Crippen LogP contribution in [-0.2, 0) is 4.79 Å². The maximum Gasteiger partial charge on any atom is 0.220 e. The first-order chi connectivity index (χ1) is 10.2. The van der Waals surface area contributed by atoms with E-state index in [1.165, 1.54) is 5.56 Å². The van der Waals surface area contributed by atoms with Crippen LogP contribution < -0.4 is 15.4 Å². The van der Waals surface area contributed by atoms with Crippen LogP contribution in [0, 0.1) is 0 Å². The maximum absolute atomic E-state index is 11.6. The molecular formula is C16H21BrN2O2. The number of carbonyl (C=O) groups excluding carboxylic acids is 1. The smallest absolute Gasteiger partial charge is 0.220 e. The van der Waals surface area contributed by atoms with Crippen LogP contribution in [-0.4, -0.2) is 25.1 Å². The van der Waals surface area contributed by atoms with Gasteiger partial charge in [-0.1, -0.05) is 15.9 Å². The molecule has 1 aromatic rings. The van der Waals surface area contributed by atoms with Crippen molar-refractivity contribution in [3.63, 3.8) is 0 Å². The van der Waals surface area contributed by atoms with Gasteiger partial charge in [0.25, 0.3) is 0 Å². The van der Waals surface area contributed by atoms with Crippen LogP contribution >= 0.6 is 15.9 Å². The van der Waals surface area contributed by atoms with Crippen LogP contribution in [0.3, 0.4) is 0 Å². The molecule has 1 saturated carbocycles. The number of nitrogens with one attached hydrogen (secondary N) is 2. The highest BCUT2D eigenvalue weighted by Gasteiger charge is 2.23. The van der Waals surface area contributed by atoms with Crippen molar-refractivity contribution in [2.24, 2.45) is 0 Å². The fourth-order valence-corrected chi connectivity index (χ4v) is 3.01. The summed E-state index contributed by atoms with van der Waals surface area (Å²) in [6.07, 6.45) is 4.75. The number of ether oxygens (including phenoxy) is 1. The van der Waals surface area contributed by atoms with Crippen LogP contribution in [0.2, 0.25) is 0 Å². The van der Waals surface area contributed by atoms with Gasteiger partial charge in [-0.3, -0.25) is 4.79 Å². The van der Waals surface area contributed by atoms with E-state index in [1.54, 1.807) is 0 Å².